The molecule has 0 heterocycles. The first-order valence-electron chi connectivity index (χ1n) is 7.78. The molecule has 0 radical (unpaired) electrons. The van der Waals surface area contributed by atoms with Gasteiger partial charge in [-0.05, 0) is 48.3 Å². The fraction of sp³-hybridized carbons (Fsp3) is 0.333. The molecule has 24 heavy (non-hydrogen) atoms. The molecule has 0 aliphatic rings. The van der Waals surface area contributed by atoms with E-state index < -0.39 is 18.1 Å². The number of aliphatic carboxylic acids is 1. The van der Waals surface area contributed by atoms with Gasteiger partial charge in [-0.2, -0.15) is 11.8 Å². The molecule has 0 aromatic heterocycles. The fourth-order valence-electron chi connectivity index (χ4n) is 2.38. The van der Waals surface area contributed by atoms with Crippen molar-refractivity contribution < 1.29 is 14.7 Å². The Kier molecular flexibility index (Phi) is 6.49. The molecular weight excluding hydrogens is 324 g/mol. The van der Waals surface area contributed by atoms with Gasteiger partial charge in [-0.15, -0.1) is 0 Å². The van der Waals surface area contributed by atoms with E-state index in [1.165, 1.54) is 0 Å². The van der Waals surface area contributed by atoms with Crippen LogP contribution in [0.4, 0.5) is 5.69 Å². The summed E-state index contributed by atoms with van der Waals surface area (Å²) in [6.45, 7) is 1.72. The van der Waals surface area contributed by atoms with E-state index in [0.29, 0.717) is 12.2 Å². The molecule has 3 N–H and O–H groups in total. The number of carbonyl (C=O) groups is 2. The molecule has 0 aliphatic heterocycles. The SMILES string of the molecule is CSCC[C@H](NC(=O)[C@H](C)Nc1ccc2ccccc2c1)C(=O)O. The maximum absolute atomic E-state index is 12.2. The zero-order valence-electron chi connectivity index (χ0n) is 13.8. The van der Waals surface area contributed by atoms with Crippen molar-refractivity contribution in [1.29, 1.82) is 0 Å². The molecule has 0 bridgehead atoms. The number of thioether (sulfide) groups is 1. The number of carboxylic acid groups (broad SMARTS) is 1. The third kappa shape index (κ3) is 4.89. The van der Waals surface area contributed by atoms with Crippen LogP contribution in [-0.4, -0.2) is 41.1 Å². The minimum atomic E-state index is -1.00. The second kappa shape index (κ2) is 8.59. The molecule has 0 saturated heterocycles. The monoisotopic (exact) mass is 346 g/mol. The van der Waals surface area contributed by atoms with Gasteiger partial charge in [0.1, 0.15) is 12.1 Å². The maximum Gasteiger partial charge on any atom is 0.326 e. The standard InChI is InChI=1S/C18H22N2O3S/c1-12(17(21)20-16(18(22)23)9-10-24-2)19-15-8-7-13-5-3-4-6-14(13)11-15/h3-8,11-12,16,19H,9-10H2,1-2H3,(H,20,21)(H,22,23)/t12-,16-/m0/s1. The summed E-state index contributed by atoms with van der Waals surface area (Å²) >= 11 is 1.56. The second-order valence-corrected chi connectivity index (χ2v) is 6.59. The third-order valence-corrected chi connectivity index (χ3v) is 4.40. The van der Waals surface area contributed by atoms with Crippen LogP contribution in [0, 0.1) is 0 Å². The highest BCUT2D eigenvalue weighted by atomic mass is 32.2. The van der Waals surface area contributed by atoms with Gasteiger partial charge < -0.3 is 15.7 Å². The minimum Gasteiger partial charge on any atom is -0.480 e. The number of amides is 1. The summed E-state index contributed by atoms with van der Waals surface area (Å²) in [4.78, 5) is 23.5. The molecule has 2 aromatic rings. The Balaban J connectivity index is 2.00. The fourth-order valence-corrected chi connectivity index (χ4v) is 2.86. The lowest BCUT2D eigenvalue weighted by Gasteiger charge is -2.19. The summed E-state index contributed by atoms with van der Waals surface area (Å²) in [5.41, 5.74) is 0.826. The van der Waals surface area contributed by atoms with Crippen LogP contribution in [0.2, 0.25) is 0 Å². The average molecular weight is 346 g/mol. The Labute approximate surface area is 145 Å². The highest BCUT2D eigenvalue weighted by Crippen LogP contribution is 2.19. The Morgan fingerprint density at radius 2 is 1.88 bits per heavy atom. The van der Waals surface area contributed by atoms with E-state index in [-0.39, 0.29) is 5.91 Å². The van der Waals surface area contributed by atoms with E-state index >= 15 is 0 Å². The van der Waals surface area contributed by atoms with Gasteiger partial charge in [0.2, 0.25) is 5.91 Å². The minimum absolute atomic E-state index is 0.323. The lowest BCUT2D eigenvalue weighted by atomic mass is 10.1. The highest BCUT2D eigenvalue weighted by Gasteiger charge is 2.22. The van der Waals surface area contributed by atoms with E-state index in [1.54, 1.807) is 18.7 Å². The lowest BCUT2D eigenvalue weighted by Crippen LogP contribution is -2.47. The Morgan fingerprint density at radius 3 is 2.54 bits per heavy atom. The molecular formula is C18H22N2O3S. The Bertz CT molecular complexity index is 720. The van der Waals surface area contributed by atoms with Crippen LogP contribution >= 0.6 is 11.8 Å². The van der Waals surface area contributed by atoms with Crippen LogP contribution in [0.1, 0.15) is 13.3 Å². The number of carbonyl (C=O) groups excluding carboxylic acids is 1. The zero-order chi connectivity index (χ0) is 17.5. The second-order valence-electron chi connectivity index (χ2n) is 5.61. The number of benzene rings is 2. The van der Waals surface area contributed by atoms with Crippen LogP contribution in [-0.2, 0) is 9.59 Å². The molecule has 0 fully saturated rings. The number of hydrogen-bond donors (Lipinski definition) is 3. The maximum atomic E-state index is 12.2. The molecule has 1 amide bonds. The first kappa shape index (κ1) is 18.1. The smallest absolute Gasteiger partial charge is 0.326 e. The summed E-state index contributed by atoms with van der Waals surface area (Å²) in [5, 5.41) is 17.1. The molecule has 5 nitrogen and oxygen atoms in total. The van der Waals surface area contributed by atoms with Gasteiger partial charge >= 0.3 is 5.97 Å². The quantitative estimate of drug-likeness (QED) is 0.685. The summed E-state index contributed by atoms with van der Waals surface area (Å²) < 4.78 is 0. The predicted molar refractivity (Wildman–Crippen MR) is 99.6 cm³/mol. The molecule has 0 unspecified atom stereocenters. The summed E-state index contributed by atoms with van der Waals surface area (Å²) in [7, 11) is 0. The van der Waals surface area contributed by atoms with Crippen LogP contribution in [0.3, 0.4) is 0 Å². The summed E-state index contributed by atoms with van der Waals surface area (Å²) in [6.07, 6.45) is 2.32. The van der Waals surface area contributed by atoms with Gasteiger partial charge in [0.15, 0.2) is 0 Å². The molecule has 2 atom stereocenters. The van der Waals surface area contributed by atoms with Gasteiger partial charge in [-0.25, -0.2) is 4.79 Å². The molecule has 0 spiro atoms. The first-order valence-corrected chi connectivity index (χ1v) is 9.18. The van der Waals surface area contributed by atoms with Crippen molar-refractivity contribution in [2.75, 3.05) is 17.3 Å². The summed E-state index contributed by atoms with van der Waals surface area (Å²) in [5.74, 6) is -0.643. The number of hydrogen-bond acceptors (Lipinski definition) is 4. The number of nitrogens with one attached hydrogen (secondary N) is 2. The highest BCUT2D eigenvalue weighted by molar-refractivity contribution is 7.98. The lowest BCUT2D eigenvalue weighted by molar-refractivity contribution is -0.141. The van der Waals surface area contributed by atoms with E-state index in [1.807, 2.05) is 48.7 Å². The van der Waals surface area contributed by atoms with Crippen LogP contribution in [0.15, 0.2) is 42.5 Å². The Morgan fingerprint density at radius 1 is 1.17 bits per heavy atom. The third-order valence-electron chi connectivity index (χ3n) is 3.75. The van der Waals surface area contributed by atoms with Gasteiger partial charge in [0.05, 0.1) is 0 Å². The first-order chi connectivity index (χ1) is 11.5. The van der Waals surface area contributed by atoms with Crippen LogP contribution in [0.25, 0.3) is 10.8 Å². The number of anilines is 1. The summed E-state index contributed by atoms with van der Waals surface area (Å²) in [6, 6.07) is 12.5. The number of fused-ring (bicyclic) bond motifs is 1. The van der Waals surface area contributed by atoms with E-state index in [2.05, 4.69) is 10.6 Å². The predicted octanol–water partition coefficient (Wildman–Crippen LogP) is 2.96. The molecule has 2 rings (SSSR count). The average Bonchev–Trinajstić information content (AvgIpc) is 2.57. The van der Waals surface area contributed by atoms with Crippen molar-refractivity contribution in [3.63, 3.8) is 0 Å². The van der Waals surface area contributed by atoms with Gasteiger partial charge in [0.25, 0.3) is 0 Å². The largest absolute Gasteiger partial charge is 0.480 e. The van der Waals surface area contributed by atoms with Crippen molar-refractivity contribution in [2.24, 2.45) is 0 Å². The molecule has 2 aromatic carbocycles. The van der Waals surface area contributed by atoms with E-state index in [4.69, 9.17) is 0 Å². The van der Waals surface area contributed by atoms with Gasteiger partial charge in [-0.1, -0.05) is 30.3 Å². The topological polar surface area (TPSA) is 78.4 Å². The van der Waals surface area contributed by atoms with Gasteiger partial charge in [0, 0.05) is 5.69 Å². The molecule has 6 heteroatoms. The molecule has 128 valence electrons. The van der Waals surface area contributed by atoms with Crippen LogP contribution < -0.4 is 10.6 Å². The molecule has 0 saturated carbocycles. The number of rotatable bonds is 8. The van der Waals surface area contributed by atoms with E-state index in [0.717, 1.165) is 16.5 Å². The number of carboxylic acids is 1. The van der Waals surface area contributed by atoms with E-state index in [9.17, 15) is 14.7 Å². The van der Waals surface area contributed by atoms with Crippen molar-refractivity contribution in [2.45, 2.75) is 25.4 Å². The van der Waals surface area contributed by atoms with Crippen molar-refractivity contribution >= 4 is 40.1 Å². The van der Waals surface area contributed by atoms with Crippen LogP contribution in [0.5, 0.6) is 0 Å². The van der Waals surface area contributed by atoms with Crippen molar-refractivity contribution in [1.82, 2.24) is 5.32 Å². The Hall–Kier alpha value is -2.21. The van der Waals surface area contributed by atoms with Gasteiger partial charge in [-0.3, -0.25) is 4.79 Å². The normalized spacial score (nSPS) is 13.2. The van der Waals surface area contributed by atoms with Crippen molar-refractivity contribution in [3.05, 3.63) is 42.5 Å². The molecule has 0 aliphatic carbocycles. The van der Waals surface area contributed by atoms with Crippen molar-refractivity contribution in [3.8, 4) is 0 Å². The zero-order valence-corrected chi connectivity index (χ0v) is 14.6.